The summed E-state index contributed by atoms with van der Waals surface area (Å²) in [6, 6.07) is 11.0. The number of nitrogens with zero attached hydrogens (tertiary/aromatic N) is 3. The van der Waals surface area contributed by atoms with Gasteiger partial charge < -0.3 is 0 Å². The predicted molar refractivity (Wildman–Crippen MR) is 99.6 cm³/mol. The Balaban J connectivity index is 1.80. The fourth-order valence-electron chi connectivity index (χ4n) is 2.23. The van der Waals surface area contributed by atoms with Crippen molar-refractivity contribution in [1.29, 1.82) is 0 Å². The van der Waals surface area contributed by atoms with Crippen LogP contribution in [0.1, 0.15) is 11.1 Å². The normalized spacial score (nSPS) is 10.8. The molecule has 0 fully saturated rings. The minimum Gasteiger partial charge on any atom is -0.258 e. The Hall–Kier alpha value is -2.10. The Morgan fingerprint density at radius 3 is 2.72 bits per heavy atom. The van der Waals surface area contributed by atoms with E-state index in [9.17, 15) is 14.5 Å². The molecule has 0 spiro atoms. The number of hydrogen-bond donors (Lipinski definition) is 0. The summed E-state index contributed by atoms with van der Waals surface area (Å²) in [5, 5.41) is 15.5. The molecule has 25 heavy (non-hydrogen) atoms. The Bertz CT molecular complexity index is 983. The van der Waals surface area contributed by atoms with Gasteiger partial charge in [-0.2, -0.15) is 0 Å². The van der Waals surface area contributed by atoms with Crippen molar-refractivity contribution in [2.75, 3.05) is 0 Å². The van der Waals surface area contributed by atoms with Crippen LogP contribution in [0.15, 0.2) is 46.8 Å². The van der Waals surface area contributed by atoms with Crippen LogP contribution in [-0.4, -0.2) is 14.7 Å². The first-order chi connectivity index (χ1) is 12.0. The van der Waals surface area contributed by atoms with Gasteiger partial charge in [0.1, 0.15) is 5.82 Å². The van der Waals surface area contributed by atoms with Gasteiger partial charge in [-0.05, 0) is 49.0 Å². The minimum absolute atomic E-state index is 0.113. The monoisotopic (exact) mass is 393 g/mol. The van der Waals surface area contributed by atoms with Gasteiger partial charge in [-0.3, -0.25) is 10.1 Å². The number of nitro groups is 1. The van der Waals surface area contributed by atoms with Crippen molar-refractivity contribution in [3.8, 4) is 5.69 Å². The first kappa shape index (κ1) is 17.7. The molecular formula is C16H12FN3O2S3. The quantitative estimate of drug-likeness (QED) is 0.254. The van der Waals surface area contributed by atoms with Gasteiger partial charge in [-0.1, -0.05) is 35.2 Å². The molecule has 0 aliphatic heterocycles. The molecule has 0 atom stereocenters. The largest absolute Gasteiger partial charge is 0.272 e. The van der Waals surface area contributed by atoms with Crippen molar-refractivity contribution < 1.29 is 9.31 Å². The smallest absolute Gasteiger partial charge is 0.258 e. The molecule has 5 nitrogen and oxygen atoms in total. The third-order valence-corrected chi connectivity index (χ3v) is 5.98. The van der Waals surface area contributed by atoms with Gasteiger partial charge in [0.25, 0.3) is 5.69 Å². The summed E-state index contributed by atoms with van der Waals surface area (Å²) in [6.07, 6.45) is 0. The number of nitro benzene ring substituents is 1. The van der Waals surface area contributed by atoms with Crippen LogP contribution in [0.3, 0.4) is 0 Å². The molecule has 0 unspecified atom stereocenters. The summed E-state index contributed by atoms with van der Waals surface area (Å²) < 4.78 is 15.9. The van der Waals surface area contributed by atoms with Crippen molar-refractivity contribution in [3.05, 3.63) is 73.5 Å². The maximum Gasteiger partial charge on any atom is 0.272 e. The lowest BCUT2D eigenvalue weighted by Crippen LogP contribution is -1.97. The zero-order valence-corrected chi connectivity index (χ0v) is 15.5. The second-order valence-corrected chi connectivity index (χ2v) is 7.97. The van der Waals surface area contributed by atoms with Crippen LogP contribution in [0.2, 0.25) is 0 Å². The summed E-state index contributed by atoms with van der Waals surface area (Å²) in [5.41, 5.74) is 2.35. The Morgan fingerprint density at radius 2 is 2.04 bits per heavy atom. The molecule has 3 aromatic rings. The molecule has 2 aromatic carbocycles. The lowest BCUT2D eigenvalue weighted by atomic mass is 10.1. The molecule has 3 rings (SSSR count). The van der Waals surface area contributed by atoms with Crippen LogP contribution in [0, 0.1) is 26.8 Å². The maximum absolute atomic E-state index is 13.0. The number of rotatable bonds is 5. The van der Waals surface area contributed by atoms with Gasteiger partial charge in [0.05, 0.1) is 10.6 Å². The molecule has 1 heterocycles. The van der Waals surface area contributed by atoms with Gasteiger partial charge in [0.2, 0.25) is 0 Å². The zero-order chi connectivity index (χ0) is 18.0. The number of aromatic nitrogens is 2. The van der Waals surface area contributed by atoms with Gasteiger partial charge in [0.15, 0.2) is 8.29 Å². The standard InChI is InChI=1S/C16H12FN3O2S3/c1-10-11(3-2-4-14(10)20(21)22)9-24-15-18-19(16(23)25-15)13-7-5-12(17)6-8-13/h2-8H,9H2,1H3. The lowest BCUT2D eigenvalue weighted by Gasteiger charge is -2.04. The maximum atomic E-state index is 13.0. The van der Waals surface area contributed by atoms with Crippen molar-refractivity contribution in [2.24, 2.45) is 0 Å². The molecule has 0 N–H and O–H groups in total. The first-order valence-corrected chi connectivity index (χ1v) is 9.38. The third kappa shape index (κ3) is 3.94. The minimum atomic E-state index is -0.378. The van der Waals surface area contributed by atoms with Crippen molar-refractivity contribution >= 4 is 41.0 Å². The fraction of sp³-hybridized carbons (Fsp3) is 0.125. The van der Waals surface area contributed by atoms with E-state index in [0.717, 1.165) is 9.90 Å². The van der Waals surface area contributed by atoms with E-state index in [-0.39, 0.29) is 16.4 Å². The highest BCUT2D eigenvalue weighted by molar-refractivity contribution is 8.00. The second kappa shape index (κ2) is 7.42. The SMILES string of the molecule is Cc1c(CSc2nn(-c3ccc(F)cc3)c(=S)s2)cccc1[N+](=O)[O-]. The topological polar surface area (TPSA) is 61.0 Å². The summed E-state index contributed by atoms with van der Waals surface area (Å²) in [7, 11) is 0. The molecule has 9 heteroatoms. The molecule has 0 amide bonds. The molecule has 0 aliphatic rings. The van der Waals surface area contributed by atoms with E-state index in [1.54, 1.807) is 29.8 Å². The molecule has 1 aromatic heterocycles. The van der Waals surface area contributed by atoms with Crippen molar-refractivity contribution in [3.63, 3.8) is 0 Å². The summed E-state index contributed by atoms with van der Waals surface area (Å²) in [4.78, 5) is 10.6. The second-order valence-electron chi connectivity index (χ2n) is 5.13. The van der Waals surface area contributed by atoms with E-state index in [1.165, 1.54) is 41.3 Å². The average molecular weight is 393 g/mol. The Morgan fingerprint density at radius 1 is 1.32 bits per heavy atom. The van der Waals surface area contributed by atoms with Gasteiger partial charge in [-0.25, -0.2) is 9.07 Å². The highest BCUT2D eigenvalue weighted by Crippen LogP contribution is 2.30. The molecule has 128 valence electrons. The van der Waals surface area contributed by atoms with Gasteiger partial charge in [0, 0.05) is 17.4 Å². The van der Waals surface area contributed by atoms with Crippen LogP contribution >= 0.6 is 35.3 Å². The van der Waals surface area contributed by atoms with Crippen LogP contribution < -0.4 is 0 Å². The van der Waals surface area contributed by atoms with E-state index >= 15 is 0 Å². The van der Waals surface area contributed by atoms with Crippen LogP contribution in [0.4, 0.5) is 10.1 Å². The molecule has 0 aliphatic carbocycles. The molecule has 0 saturated heterocycles. The van der Waals surface area contributed by atoms with Gasteiger partial charge >= 0.3 is 0 Å². The van der Waals surface area contributed by atoms with E-state index in [4.69, 9.17) is 12.2 Å². The summed E-state index contributed by atoms with van der Waals surface area (Å²) in [5.74, 6) is 0.236. The van der Waals surface area contributed by atoms with E-state index in [0.29, 0.717) is 21.0 Å². The lowest BCUT2D eigenvalue weighted by molar-refractivity contribution is -0.385. The Kier molecular flexibility index (Phi) is 5.26. The van der Waals surface area contributed by atoms with Gasteiger partial charge in [-0.15, -0.1) is 5.10 Å². The number of halogens is 1. The number of thioether (sulfide) groups is 1. The Labute approximate surface area is 156 Å². The van der Waals surface area contributed by atoms with Crippen LogP contribution in [-0.2, 0) is 5.75 Å². The number of benzene rings is 2. The first-order valence-electron chi connectivity index (χ1n) is 7.17. The molecule has 0 saturated carbocycles. The van der Waals surface area contributed by atoms with E-state index in [2.05, 4.69) is 5.10 Å². The van der Waals surface area contributed by atoms with E-state index in [1.807, 2.05) is 6.07 Å². The molecular weight excluding hydrogens is 381 g/mol. The predicted octanol–water partition coefficient (Wildman–Crippen LogP) is 5.31. The molecule has 0 radical (unpaired) electrons. The fourth-order valence-corrected chi connectivity index (χ4v) is 4.65. The van der Waals surface area contributed by atoms with E-state index < -0.39 is 0 Å². The highest BCUT2D eigenvalue weighted by atomic mass is 32.2. The zero-order valence-electron chi connectivity index (χ0n) is 13.0. The third-order valence-electron chi connectivity index (χ3n) is 3.57. The van der Waals surface area contributed by atoms with Crippen molar-refractivity contribution in [2.45, 2.75) is 17.0 Å². The average Bonchev–Trinajstić information content (AvgIpc) is 2.95. The highest BCUT2D eigenvalue weighted by Gasteiger charge is 2.14. The van der Waals surface area contributed by atoms with Crippen LogP contribution in [0.5, 0.6) is 0 Å². The van der Waals surface area contributed by atoms with Crippen molar-refractivity contribution in [1.82, 2.24) is 9.78 Å². The summed E-state index contributed by atoms with van der Waals surface area (Å²) in [6.45, 7) is 1.74. The number of hydrogen-bond acceptors (Lipinski definition) is 6. The van der Waals surface area contributed by atoms with Crippen LogP contribution in [0.25, 0.3) is 5.69 Å². The molecule has 0 bridgehead atoms. The summed E-state index contributed by atoms with van der Waals surface area (Å²) >= 11 is 8.14.